The van der Waals surface area contributed by atoms with Crippen LogP contribution in [-0.2, 0) is 4.79 Å². The molecule has 1 aliphatic heterocycles. The number of nitrogens with zero attached hydrogens (tertiary/aromatic N) is 2. The molecule has 19 heavy (non-hydrogen) atoms. The number of aromatic nitrogens is 1. The molecule has 1 amide bonds. The molecule has 1 unspecified atom stereocenters. The number of aliphatic hydroxyl groups excluding tert-OH is 1. The van der Waals surface area contributed by atoms with Gasteiger partial charge < -0.3 is 20.8 Å². The van der Waals surface area contributed by atoms with Crippen LogP contribution in [0.5, 0.6) is 0 Å². The molecule has 2 rings (SSSR count). The molecule has 104 valence electrons. The fourth-order valence-electron chi connectivity index (χ4n) is 2.01. The average molecular weight is 285 g/mol. The minimum atomic E-state index is -1.12. The van der Waals surface area contributed by atoms with Gasteiger partial charge in [0.05, 0.1) is 12.1 Å². The van der Waals surface area contributed by atoms with Crippen molar-refractivity contribution in [3.05, 3.63) is 16.1 Å². The maximum atomic E-state index is 12.2. The van der Waals surface area contributed by atoms with E-state index in [1.165, 1.54) is 11.3 Å². The molecule has 3 atom stereocenters. The Bertz CT molecular complexity index is 502. The van der Waals surface area contributed by atoms with E-state index in [0.29, 0.717) is 5.01 Å². The average Bonchev–Trinajstić information content (AvgIpc) is 2.94. The fourth-order valence-corrected chi connectivity index (χ4v) is 2.77. The standard InChI is InChI=1S/C11H15N3O4S/c1-5(12)9-13-7(4-19-9)10(16)14-3-6(15)2-8(14)11(17)18/h4-6,8,15H,2-3,12H2,1H3,(H,17,18)/t5?,6-,8+/m1/s1. The summed E-state index contributed by atoms with van der Waals surface area (Å²) in [6, 6.07) is -1.27. The number of nitrogens with two attached hydrogens (primary N) is 1. The molecule has 1 aliphatic rings. The highest BCUT2D eigenvalue weighted by atomic mass is 32.1. The van der Waals surface area contributed by atoms with Gasteiger partial charge in [-0.15, -0.1) is 11.3 Å². The lowest BCUT2D eigenvalue weighted by Gasteiger charge is -2.19. The number of carboxylic acid groups (broad SMARTS) is 1. The predicted molar refractivity (Wildman–Crippen MR) is 67.8 cm³/mol. The summed E-state index contributed by atoms with van der Waals surface area (Å²) >= 11 is 1.26. The number of thiazole rings is 1. The summed E-state index contributed by atoms with van der Waals surface area (Å²) in [4.78, 5) is 28.5. The molecule has 1 aromatic rings. The Hall–Kier alpha value is -1.51. The Labute approximate surface area is 113 Å². The predicted octanol–water partition coefficient (Wildman–Crippen LogP) is -0.177. The van der Waals surface area contributed by atoms with Gasteiger partial charge in [0.1, 0.15) is 16.7 Å². The van der Waals surface area contributed by atoms with Crippen LogP contribution < -0.4 is 5.73 Å². The van der Waals surface area contributed by atoms with Gasteiger partial charge in [0.2, 0.25) is 0 Å². The topological polar surface area (TPSA) is 117 Å². The van der Waals surface area contributed by atoms with E-state index in [9.17, 15) is 14.7 Å². The van der Waals surface area contributed by atoms with Gasteiger partial charge in [-0.1, -0.05) is 0 Å². The number of rotatable bonds is 3. The highest BCUT2D eigenvalue weighted by Gasteiger charge is 2.39. The van der Waals surface area contributed by atoms with Crippen LogP contribution in [0.3, 0.4) is 0 Å². The monoisotopic (exact) mass is 285 g/mol. The van der Waals surface area contributed by atoms with Crippen LogP contribution in [0.4, 0.5) is 0 Å². The second kappa shape index (κ2) is 5.24. The molecule has 2 heterocycles. The zero-order valence-corrected chi connectivity index (χ0v) is 11.1. The van der Waals surface area contributed by atoms with Crippen LogP contribution in [0.25, 0.3) is 0 Å². The Morgan fingerprint density at radius 2 is 2.32 bits per heavy atom. The van der Waals surface area contributed by atoms with Crippen molar-refractivity contribution >= 4 is 23.2 Å². The molecule has 0 radical (unpaired) electrons. The summed E-state index contributed by atoms with van der Waals surface area (Å²) in [6.45, 7) is 1.77. The summed E-state index contributed by atoms with van der Waals surface area (Å²) in [5.74, 6) is -1.60. The smallest absolute Gasteiger partial charge is 0.326 e. The Morgan fingerprint density at radius 1 is 1.63 bits per heavy atom. The third-order valence-electron chi connectivity index (χ3n) is 2.96. The number of amides is 1. The number of aliphatic carboxylic acids is 1. The van der Waals surface area contributed by atoms with E-state index < -0.39 is 24.0 Å². The van der Waals surface area contributed by atoms with E-state index in [-0.39, 0.29) is 24.7 Å². The SMILES string of the molecule is CC(N)c1nc(C(=O)N2C[C@H](O)C[C@H]2C(=O)O)cs1. The molecule has 4 N–H and O–H groups in total. The van der Waals surface area contributed by atoms with E-state index in [2.05, 4.69) is 4.98 Å². The second-order valence-corrected chi connectivity index (χ2v) is 5.45. The molecule has 8 heteroatoms. The van der Waals surface area contributed by atoms with E-state index in [0.717, 1.165) is 4.90 Å². The van der Waals surface area contributed by atoms with E-state index in [1.54, 1.807) is 12.3 Å². The zero-order valence-electron chi connectivity index (χ0n) is 10.3. The summed E-state index contributed by atoms with van der Waals surface area (Å²) in [7, 11) is 0. The molecule has 0 aromatic carbocycles. The van der Waals surface area contributed by atoms with E-state index in [4.69, 9.17) is 10.8 Å². The molecule has 0 aliphatic carbocycles. The van der Waals surface area contributed by atoms with E-state index in [1.807, 2.05) is 0 Å². The fraction of sp³-hybridized carbons (Fsp3) is 0.545. The van der Waals surface area contributed by atoms with E-state index >= 15 is 0 Å². The first-order chi connectivity index (χ1) is 8.90. The Morgan fingerprint density at radius 3 is 2.84 bits per heavy atom. The van der Waals surface area contributed by atoms with Crippen molar-refractivity contribution in [2.75, 3.05) is 6.54 Å². The van der Waals surface area contributed by atoms with Crippen molar-refractivity contribution in [3.63, 3.8) is 0 Å². The third kappa shape index (κ3) is 2.75. The number of aliphatic hydroxyl groups is 1. The minimum absolute atomic E-state index is 0.0147. The summed E-state index contributed by atoms with van der Waals surface area (Å²) in [5, 5.41) is 20.7. The van der Waals surface area contributed by atoms with Gasteiger partial charge in [0.15, 0.2) is 0 Å². The quantitative estimate of drug-likeness (QED) is 0.709. The van der Waals surface area contributed by atoms with Crippen molar-refractivity contribution in [1.82, 2.24) is 9.88 Å². The lowest BCUT2D eigenvalue weighted by molar-refractivity contribution is -0.141. The first kappa shape index (κ1) is 13.9. The Balaban J connectivity index is 2.20. The number of carbonyl (C=O) groups excluding carboxylic acids is 1. The second-order valence-electron chi connectivity index (χ2n) is 4.56. The number of hydrogen-bond acceptors (Lipinski definition) is 6. The molecule has 1 fully saturated rings. The first-order valence-corrected chi connectivity index (χ1v) is 6.71. The van der Waals surface area contributed by atoms with Crippen LogP contribution in [0, 0.1) is 0 Å². The first-order valence-electron chi connectivity index (χ1n) is 5.83. The molecular weight excluding hydrogens is 270 g/mol. The lowest BCUT2D eigenvalue weighted by Crippen LogP contribution is -2.40. The number of β-amino-alcohol motifs (C(OH)–C–C–N with tert-alkyl or cyclic N) is 1. The molecule has 7 nitrogen and oxygen atoms in total. The molecule has 0 bridgehead atoms. The highest BCUT2D eigenvalue weighted by molar-refractivity contribution is 7.09. The third-order valence-corrected chi connectivity index (χ3v) is 4.00. The molecule has 0 spiro atoms. The van der Waals surface area contributed by atoms with Crippen LogP contribution in [0.1, 0.15) is 34.9 Å². The Kier molecular flexibility index (Phi) is 3.83. The van der Waals surface area contributed by atoms with Gasteiger partial charge in [-0.25, -0.2) is 9.78 Å². The highest BCUT2D eigenvalue weighted by Crippen LogP contribution is 2.23. The molecule has 1 saturated heterocycles. The van der Waals surface area contributed by atoms with Crippen molar-refractivity contribution < 1.29 is 19.8 Å². The maximum absolute atomic E-state index is 12.2. The van der Waals surface area contributed by atoms with Crippen molar-refractivity contribution in [2.24, 2.45) is 5.73 Å². The van der Waals surface area contributed by atoms with Crippen LogP contribution in [0.15, 0.2) is 5.38 Å². The largest absolute Gasteiger partial charge is 0.480 e. The van der Waals surface area contributed by atoms with Crippen LogP contribution in [-0.4, -0.2) is 50.7 Å². The van der Waals surface area contributed by atoms with Gasteiger partial charge in [-0.3, -0.25) is 4.79 Å². The van der Waals surface area contributed by atoms with Crippen molar-refractivity contribution in [2.45, 2.75) is 31.5 Å². The minimum Gasteiger partial charge on any atom is -0.480 e. The van der Waals surface area contributed by atoms with Gasteiger partial charge >= 0.3 is 5.97 Å². The number of likely N-dealkylation sites (tertiary alicyclic amines) is 1. The lowest BCUT2D eigenvalue weighted by atomic mass is 10.2. The van der Waals surface area contributed by atoms with Gasteiger partial charge in [0, 0.05) is 18.3 Å². The van der Waals surface area contributed by atoms with Gasteiger partial charge in [0.25, 0.3) is 5.91 Å². The zero-order chi connectivity index (χ0) is 14.2. The number of carboxylic acids is 1. The molecule has 0 saturated carbocycles. The summed E-state index contributed by atoms with van der Waals surface area (Å²) in [6.07, 6.45) is -0.762. The molecular formula is C11H15N3O4S. The van der Waals surface area contributed by atoms with Crippen molar-refractivity contribution in [3.8, 4) is 0 Å². The van der Waals surface area contributed by atoms with Gasteiger partial charge in [-0.05, 0) is 6.92 Å². The normalized spacial score (nSPS) is 24.5. The summed E-state index contributed by atoms with van der Waals surface area (Å²) in [5.41, 5.74) is 5.85. The van der Waals surface area contributed by atoms with Gasteiger partial charge in [-0.2, -0.15) is 0 Å². The van der Waals surface area contributed by atoms with Crippen molar-refractivity contribution in [1.29, 1.82) is 0 Å². The number of carbonyl (C=O) groups is 2. The number of hydrogen-bond donors (Lipinski definition) is 3. The maximum Gasteiger partial charge on any atom is 0.326 e. The van der Waals surface area contributed by atoms with Crippen LogP contribution >= 0.6 is 11.3 Å². The summed E-state index contributed by atoms with van der Waals surface area (Å²) < 4.78 is 0. The van der Waals surface area contributed by atoms with Crippen LogP contribution in [0.2, 0.25) is 0 Å². The molecule has 1 aromatic heterocycles.